The Morgan fingerprint density at radius 1 is 1.39 bits per heavy atom. The largest absolute Gasteiger partial charge is 0.383 e. The number of hydrogen-bond acceptors (Lipinski definition) is 4. The van der Waals surface area contributed by atoms with Crippen molar-refractivity contribution in [3.05, 3.63) is 0 Å². The second kappa shape index (κ2) is 8.86. The van der Waals surface area contributed by atoms with Crippen LogP contribution in [-0.4, -0.2) is 63.5 Å². The van der Waals surface area contributed by atoms with E-state index in [4.69, 9.17) is 9.47 Å². The van der Waals surface area contributed by atoms with Gasteiger partial charge in [-0.2, -0.15) is 0 Å². The quantitative estimate of drug-likeness (QED) is 0.677. The SMILES string of the molecule is CCCNC1COCC1CN(CCOC)C(C)C. The third-order valence-electron chi connectivity index (χ3n) is 3.64. The van der Waals surface area contributed by atoms with Crippen LogP contribution in [0.25, 0.3) is 0 Å². The van der Waals surface area contributed by atoms with Gasteiger partial charge in [0.05, 0.1) is 19.8 Å². The minimum Gasteiger partial charge on any atom is -0.383 e. The maximum absolute atomic E-state index is 5.63. The highest BCUT2D eigenvalue weighted by Gasteiger charge is 2.29. The van der Waals surface area contributed by atoms with Gasteiger partial charge < -0.3 is 14.8 Å². The smallest absolute Gasteiger partial charge is 0.0623 e. The van der Waals surface area contributed by atoms with Crippen LogP contribution in [0.15, 0.2) is 0 Å². The van der Waals surface area contributed by atoms with E-state index in [1.165, 1.54) is 6.42 Å². The first-order valence-electron chi connectivity index (χ1n) is 7.23. The molecule has 1 rings (SSSR count). The first-order chi connectivity index (χ1) is 8.69. The third-order valence-corrected chi connectivity index (χ3v) is 3.64. The Labute approximate surface area is 112 Å². The molecule has 1 N–H and O–H groups in total. The minimum absolute atomic E-state index is 0.522. The molecule has 0 spiro atoms. The Kier molecular flexibility index (Phi) is 7.82. The van der Waals surface area contributed by atoms with Gasteiger partial charge in [0, 0.05) is 38.2 Å². The fourth-order valence-electron chi connectivity index (χ4n) is 2.40. The molecule has 108 valence electrons. The maximum Gasteiger partial charge on any atom is 0.0623 e. The van der Waals surface area contributed by atoms with Crippen LogP contribution in [0, 0.1) is 5.92 Å². The van der Waals surface area contributed by atoms with Crippen molar-refractivity contribution in [2.75, 3.05) is 46.6 Å². The van der Waals surface area contributed by atoms with Gasteiger partial charge >= 0.3 is 0 Å². The zero-order valence-corrected chi connectivity index (χ0v) is 12.4. The predicted molar refractivity (Wildman–Crippen MR) is 75.0 cm³/mol. The van der Waals surface area contributed by atoms with Crippen LogP contribution >= 0.6 is 0 Å². The molecule has 1 heterocycles. The van der Waals surface area contributed by atoms with E-state index in [2.05, 4.69) is 31.0 Å². The van der Waals surface area contributed by atoms with E-state index in [0.29, 0.717) is 18.0 Å². The van der Waals surface area contributed by atoms with Gasteiger partial charge in [-0.05, 0) is 26.8 Å². The summed E-state index contributed by atoms with van der Waals surface area (Å²) >= 11 is 0. The summed E-state index contributed by atoms with van der Waals surface area (Å²) in [6.45, 7) is 12.5. The summed E-state index contributed by atoms with van der Waals surface area (Å²) in [6.07, 6.45) is 1.18. The molecule has 0 radical (unpaired) electrons. The van der Waals surface area contributed by atoms with Crippen LogP contribution in [0.3, 0.4) is 0 Å². The van der Waals surface area contributed by atoms with E-state index in [1.54, 1.807) is 7.11 Å². The Bertz CT molecular complexity index is 212. The Hall–Kier alpha value is -0.160. The van der Waals surface area contributed by atoms with Gasteiger partial charge in [-0.25, -0.2) is 0 Å². The van der Waals surface area contributed by atoms with Crippen molar-refractivity contribution in [1.82, 2.24) is 10.2 Å². The normalized spacial score (nSPS) is 24.3. The molecule has 0 aromatic heterocycles. The average Bonchev–Trinajstić information content (AvgIpc) is 2.78. The Balaban J connectivity index is 2.40. The van der Waals surface area contributed by atoms with Crippen molar-refractivity contribution in [2.24, 2.45) is 5.92 Å². The van der Waals surface area contributed by atoms with E-state index in [9.17, 15) is 0 Å². The van der Waals surface area contributed by atoms with Crippen LogP contribution in [0.1, 0.15) is 27.2 Å². The highest BCUT2D eigenvalue weighted by Crippen LogP contribution is 2.16. The molecule has 18 heavy (non-hydrogen) atoms. The van der Waals surface area contributed by atoms with Gasteiger partial charge in [-0.3, -0.25) is 4.90 Å². The molecule has 1 saturated heterocycles. The first-order valence-corrected chi connectivity index (χ1v) is 7.23. The van der Waals surface area contributed by atoms with Gasteiger partial charge in [0.2, 0.25) is 0 Å². The predicted octanol–water partition coefficient (Wildman–Crippen LogP) is 1.36. The molecule has 2 unspecified atom stereocenters. The monoisotopic (exact) mass is 258 g/mol. The van der Waals surface area contributed by atoms with Crippen molar-refractivity contribution in [3.63, 3.8) is 0 Å². The minimum atomic E-state index is 0.522. The highest BCUT2D eigenvalue weighted by molar-refractivity contribution is 4.84. The van der Waals surface area contributed by atoms with Crippen molar-refractivity contribution in [2.45, 2.75) is 39.3 Å². The summed E-state index contributed by atoms with van der Waals surface area (Å²) in [5.74, 6) is 0.607. The zero-order valence-electron chi connectivity index (χ0n) is 12.4. The lowest BCUT2D eigenvalue weighted by Gasteiger charge is -2.30. The topological polar surface area (TPSA) is 33.7 Å². The number of nitrogens with one attached hydrogen (secondary N) is 1. The highest BCUT2D eigenvalue weighted by atomic mass is 16.5. The first kappa shape index (κ1) is 15.9. The van der Waals surface area contributed by atoms with Gasteiger partial charge in [0.1, 0.15) is 0 Å². The molecule has 1 aliphatic heterocycles. The Morgan fingerprint density at radius 2 is 2.17 bits per heavy atom. The third kappa shape index (κ3) is 5.22. The molecular weight excluding hydrogens is 228 g/mol. The van der Waals surface area contributed by atoms with Crippen LogP contribution in [0.5, 0.6) is 0 Å². The number of hydrogen-bond donors (Lipinski definition) is 1. The molecule has 4 heteroatoms. The summed E-state index contributed by atoms with van der Waals surface area (Å²) < 4.78 is 10.8. The van der Waals surface area contributed by atoms with Crippen LogP contribution in [0.4, 0.5) is 0 Å². The molecule has 0 aromatic carbocycles. The van der Waals surface area contributed by atoms with E-state index < -0.39 is 0 Å². The van der Waals surface area contributed by atoms with Gasteiger partial charge in [0.15, 0.2) is 0 Å². The number of nitrogens with zero attached hydrogens (tertiary/aromatic N) is 1. The fraction of sp³-hybridized carbons (Fsp3) is 1.00. The molecule has 2 atom stereocenters. The molecule has 0 aromatic rings. The van der Waals surface area contributed by atoms with E-state index in [-0.39, 0.29) is 0 Å². The van der Waals surface area contributed by atoms with Gasteiger partial charge in [-0.1, -0.05) is 6.92 Å². The second-order valence-corrected chi connectivity index (χ2v) is 5.44. The van der Waals surface area contributed by atoms with Crippen LogP contribution in [0.2, 0.25) is 0 Å². The molecule has 4 nitrogen and oxygen atoms in total. The lowest BCUT2D eigenvalue weighted by atomic mass is 10.0. The molecule has 0 amide bonds. The average molecular weight is 258 g/mol. The molecule has 0 bridgehead atoms. The number of rotatable bonds is 9. The second-order valence-electron chi connectivity index (χ2n) is 5.44. The van der Waals surface area contributed by atoms with Gasteiger partial charge in [-0.15, -0.1) is 0 Å². The van der Waals surface area contributed by atoms with E-state index >= 15 is 0 Å². The van der Waals surface area contributed by atoms with Crippen molar-refractivity contribution in [3.8, 4) is 0 Å². The molecule has 0 saturated carbocycles. The van der Waals surface area contributed by atoms with Crippen LogP contribution in [-0.2, 0) is 9.47 Å². The fourth-order valence-corrected chi connectivity index (χ4v) is 2.40. The maximum atomic E-state index is 5.63. The molecule has 0 aliphatic carbocycles. The Morgan fingerprint density at radius 3 is 2.78 bits per heavy atom. The van der Waals surface area contributed by atoms with Crippen molar-refractivity contribution < 1.29 is 9.47 Å². The van der Waals surface area contributed by atoms with Gasteiger partial charge in [0.25, 0.3) is 0 Å². The van der Waals surface area contributed by atoms with Crippen molar-refractivity contribution in [1.29, 1.82) is 0 Å². The zero-order chi connectivity index (χ0) is 13.4. The standard InChI is InChI=1S/C14H30N2O2/c1-5-6-15-14-11-18-10-13(14)9-16(12(2)3)7-8-17-4/h12-15H,5-11H2,1-4H3. The van der Waals surface area contributed by atoms with E-state index in [0.717, 1.165) is 39.5 Å². The summed E-state index contributed by atoms with van der Waals surface area (Å²) in [6, 6.07) is 1.08. The lowest BCUT2D eigenvalue weighted by molar-refractivity contribution is 0.108. The number of methoxy groups -OCH3 is 1. The molecule has 1 fully saturated rings. The van der Waals surface area contributed by atoms with E-state index in [1.807, 2.05) is 0 Å². The summed E-state index contributed by atoms with van der Waals surface area (Å²) in [5.41, 5.74) is 0. The summed E-state index contributed by atoms with van der Waals surface area (Å²) in [5, 5.41) is 3.60. The summed E-state index contributed by atoms with van der Waals surface area (Å²) in [7, 11) is 1.77. The molecule has 1 aliphatic rings. The van der Waals surface area contributed by atoms with Crippen molar-refractivity contribution >= 4 is 0 Å². The number of ether oxygens (including phenoxy) is 2. The van der Waals surface area contributed by atoms with Crippen LogP contribution < -0.4 is 5.32 Å². The summed E-state index contributed by atoms with van der Waals surface area (Å²) in [4.78, 5) is 2.49. The lowest BCUT2D eigenvalue weighted by Crippen LogP contribution is -2.45. The molecular formula is C14H30N2O2.